The number of benzene rings is 2. The lowest BCUT2D eigenvalue weighted by atomic mass is 9.65. The minimum atomic E-state index is -0.564. The van der Waals surface area contributed by atoms with E-state index in [0.717, 1.165) is 11.1 Å². The number of amides is 1. The highest BCUT2D eigenvalue weighted by Crippen LogP contribution is 2.54. The van der Waals surface area contributed by atoms with E-state index < -0.39 is 5.92 Å². The first kappa shape index (κ1) is 30.1. The molecule has 0 fully saturated rings. The number of ketones is 2. The van der Waals surface area contributed by atoms with Gasteiger partial charge in [0, 0.05) is 48.4 Å². The number of halogens is 1. The molecule has 0 bridgehead atoms. The largest absolute Gasteiger partial charge is 0.490 e. The summed E-state index contributed by atoms with van der Waals surface area (Å²) in [6.07, 6.45) is 2.00. The van der Waals surface area contributed by atoms with Crippen molar-refractivity contribution < 1.29 is 28.6 Å². The molecule has 1 amide bonds. The van der Waals surface area contributed by atoms with Gasteiger partial charge in [-0.3, -0.25) is 14.4 Å². The third-order valence-corrected chi connectivity index (χ3v) is 8.52. The van der Waals surface area contributed by atoms with Crippen LogP contribution in [0.4, 0.5) is 5.69 Å². The van der Waals surface area contributed by atoms with Crippen molar-refractivity contribution in [1.82, 2.24) is 0 Å². The highest BCUT2D eigenvalue weighted by atomic mass is 79.9. The molecule has 7 nitrogen and oxygen atoms in total. The van der Waals surface area contributed by atoms with Crippen LogP contribution in [0.2, 0.25) is 0 Å². The standard InChI is InChI=1S/C34H38BrNO6/c1-7-40-25-13-20(12-22(35)32(25)41-18-28(39)36-21-10-8-19(2)9-11-21)29-30-23(37)14-33(3,4)16-26(30)42-27-17-34(5,6)15-24(38)31(27)29/h8-13,29H,7,14-18H2,1-6H3,(H,36,39). The van der Waals surface area contributed by atoms with Crippen LogP contribution in [-0.2, 0) is 19.1 Å². The minimum absolute atomic E-state index is 0.00220. The lowest BCUT2D eigenvalue weighted by molar-refractivity contribution is -0.120. The zero-order valence-corrected chi connectivity index (χ0v) is 26.7. The fourth-order valence-electron chi connectivity index (χ4n) is 6.14. The second kappa shape index (κ2) is 11.4. The predicted molar refractivity (Wildman–Crippen MR) is 165 cm³/mol. The number of hydrogen-bond acceptors (Lipinski definition) is 6. The van der Waals surface area contributed by atoms with Crippen LogP contribution >= 0.6 is 15.9 Å². The van der Waals surface area contributed by atoms with Gasteiger partial charge < -0.3 is 19.5 Å². The summed E-state index contributed by atoms with van der Waals surface area (Å²) in [4.78, 5) is 40.0. The van der Waals surface area contributed by atoms with Gasteiger partial charge >= 0.3 is 0 Å². The molecule has 1 heterocycles. The van der Waals surface area contributed by atoms with Crippen LogP contribution in [0.1, 0.15) is 77.3 Å². The first-order chi connectivity index (χ1) is 19.8. The molecular formula is C34H38BrNO6. The van der Waals surface area contributed by atoms with E-state index in [1.54, 1.807) is 0 Å². The Kier molecular flexibility index (Phi) is 8.14. The third kappa shape index (κ3) is 6.19. The summed E-state index contributed by atoms with van der Waals surface area (Å²) in [5.41, 5.74) is 3.17. The molecule has 0 saturated heterocycles. The number of carbonyl (C=O) groups excluding carboxylic acids is 3. The smallest absolute Gasteiger partial charge is 0.262 e. The summed E-state index contributed by atoms with van der Waals surface area (Å²) in [5.74, 6) is 1.24. The predicted octanol–water partition coefficient (Wildman–Crippen LogP) is 7.57. The summed E-state index contributed by atoms with van der Waals surface area (Å²) in [7, 11) is 0. The molecule has 42 heavy (non-hydrogen) atoms. The van der Waals surface area contributed by atoms with E-state index in [4.69, 9.17) is 14.2 Å². The molecule has 5 rings (SSSR count). The second-order valence-corrected chi connectivity index (χ2v) is 13.9. The number of aryl methyl sites for hydroxylation is 1. The molecule has 2 aromatic rings. The number of carbonyl (C=O) groups is 3. The van der Waals surface area contributed by atoms with Crippen molar-refractivity contribution in [3.8, 4) is 11.5 Å². The highest BCUT2D eigenvalue weighted by molar-refractivity contribution is 9.10. The zero-order chi connectivity index (χ0) is 30.4. The molecule has 1 aliphatic heterocycles. The van der Waals surface area contributed by atoms with Crippen LogP contribution < -0.4 is 14.8 Å². The van der Waals surface area contributed by atoms with Crippen LogP contribution in [0.25, 0.3) is 0 Å². The van der Waals surface area contributed by atoms with E-state index >= 15 is 0 Å². The Morgan fingerprint density at radius 2 is 1.50 bits per heavy atom. The van der Waals surface area contributed by atoms with Crippen molar-refractivity contribution in [2.45, 2.75) is 73.1 Å². The average molecular weight is 637 g/mol. The molecule has 0 saturated carbocycles. The van der Waals surface area contributed by atoms with E-state index in [-0.39, 0.29) is 34.9 Å². The quantitative estimate of drug-likeness (QED) is 0.337. The van der Waals surface area contributed by atoms with E-state index in [1.807, 2.05) is 50.2 Å². The van der Waals surface area contributed by atoms with Crippen molar-refractivity contribution in [1.29, 1.82) is 0 Å². The number of hydrogen-bond donors (Lipinski definition) is 1. The molecular weight excluding hydrogens is 598 g/mol. The van der Waals surface area contributed by atoms with Gasteiger partial charge in [0.2, 0.25) is 0 Å². The lowest BCUT2D eigenvalue weighted by Gasteiger charge is -2.42. The van der Waals surface area contributed by atoms with E-state index in [0.29, 0.717) is 76.6 Å². The van der Waals surface area contributed by atoms with Crippen LogP contribution in [0, 0.1) is 17.8 Å². The molecule has 2 aliphatic carbocycles. The van der Waals surface area contributed by atoms with Gasteiger partial charge in [-0.25, -0.2) is 0 Å². The summed E-state index contributed by atoms with van der Waals surface area (Å²) >= 11 is 3.63. The maximum atomic E-state index is 13.7. The van der Waals surface area contributed by atoms with Gasteiger partial charge in [-0.15, -0.1) is 0 Å². The van der Waals surface area contributed by atoms with Gasteiger partial charge in [-0.1, -0.05) is 45.4 Å². The molecule has 0 aromatic heterocycles. The zero-order valence-electron chi connectivity index (χ0n) is 25.1. The molecule has 8 heteroatoms. The van der Waals surface area contributed by atoms with Gasteiger partial charge in [0.25, 0.3) is 5.91 Å². The van der Waals surface area contributed by atoms with Crippen molar-refractivity contribution in [3.05, 3.63) is 74.7 Å². The summed E-state index contributed by atoms with van der Waals surface area (Å²) in [6, 6.07) is 11.2. The van der Waals surface area contributed by atoms with Crippen LogP contribution in [-0.4, -0.2) is 30.7 Å². The number of allylic oxidation sites excluding steroid dienone is 4. The minimum Gasteiger partial charge on any atom is -0.490 e. The van der Waals surface area contributed by atoms with Gasteiger partial charge in [0.05, 0.1) is 11.1 Å². The Bertz CT molecular complexity index is 1460. The Balaban J connectivity index is 1.52. The van der Waals surface area contributed by atoms with Crippen molar-refractivity contribution in [2.24, 2.45) is 10.8 Å². The average Bonchev–Trinajstić information content (AvgIpc) is 2.87. The molecule has 0 atom stereocenters. The molecule has 3 aliphatic rings. The Morgan fingerprint density at radius 3 is 2.05 bits per heavy atom. The number of nitrogens with one attached hydrogen (secondary N) is 1. The fraction of sp³-hybridized carbons (Fsp3) is 0.441. The number of rotatable bonds is 7. The lowest BCUT2D eigenvalue weighted by Crippen LogP contribution is -2.37. The van der Waals surface area contributed by atoms with Crippen molar-refractivity contribution >= 4 is 39.1 Å². The molecule has 222 valence electrons. The van der Waals surface area contributed by atoms with Gasteiger partial charge in [-0.2, -0.15) is 0 Å². The molecule has 0 spiro atoms. The highest BCUT2D eigenvalue weighted by Gasteiger charge is 2.48. The molecule has 0 unspecified atom stereocenters. The molecule has 0 radical (unpaired) electrons. The third-order valence-electron chi connectivity index (χ3n) is 7.93. The Labute approximate surface area is 255 Å². The summed E-state index contributed by atoms with van der Waals surface area (Å²) < 4.78 is 18.9. The summed E-state index contributed by atoms with van der Waals surface area (Å²) in [5, 5.41) is 2.84. The topological polar surface area (TPSA) is 90.9 Å². The molecule has 1 N–H and O–H groups in total. The second-order valence-electron chi connectivity index (χ2n) is 13.1. The van der Waals surface area contributed by atoms with Crippen LogP contribution in [0.15, 0.2) is 63.5 Å². The van der Waals surface area contributed by atoms with Crippen molar-refractivity contribution in [2.75, 3.05) is 18.5 Å². The van der Waals surface area contributed by atoms with Gasteiger partial charge in [0.1, 0.15) is 11.5 Å². The maximum absolute atomic E-state index is 13.7. The summed E-state index contributed by atoms with van der Waals surface area (Å²) in [6.45, 7) is 12.2. The maximum Gasteiger partial charge on any atom is 0.262 e. The number of anilines is 1. The van der Waals surface area contributed by atoms with Crippen LogP contribution in [0.3, 0.4) is 0 Å². The SMILES string of the molecule is CCOc1cc(C2C3=C(CC(C)(C)CC3=O)OC3=C2C(=O)CC(C)(C)C3)cc(Br)c1OCC(=O)Nc1ccc(C)cc1. The fourth-order valence-corrected chi connectivity index (χ4v) is 6.71. The number of ether oxygens (including phenoxy) is 3. The first-order valence-electron chi connectivity index (χ1n) is 14.4. The number of Topliss-reactive ketones (excluding diaryl/α,β-unsaturated/α-hetero) is 2. The normalized spacial score (nSPS) is 19.6. The Morgan fingerprint density at radius 1 is 0.929 bits per heavy atom. The van der Waals surface area contributed by atoms with E-state index in [2.05, 4.69) is 48.9 Å². The Hall–Kier alpha value is -3.39. The first-order valence-corrected chi connectivity index (χ1v) is 15.2. The molecule has 2 aromatic carbocycles. The van der Waals surface area contributed by atoms with Crippen LogP contribution in [0.5, 0.6) is 11.5 Å². The van der Waals surface area contributed by atoms with E-state index in [9.17, 15) is 14.4 Å². The van der Waals surface area contributed by atoms with Gasteiger partial charge in [-0.05, 0) is 70.4 Å². The monoisotopic (exact) mass is 635 g/mol. The van der Waals surface area contributed by atoms with E-state index in [1.165, 1.54) is 0 Å². The van der Waals surface area contributed by atoms with Gasteiger partial charge in [0.15, 0.2) is 29.7 Å². The van der Waals surface area contributed by atoms with Crippen molar-refractivity contribution in [3.63, 3.8) is 0 Å².